The first kappa shape index (κ1) is 31.0. The van der Waals surface area contributed by atoms with Gasteiger partial charge in [-0.1, -0.05) is 25.1 Å². The first-order valence-corrected chi connectivity index (χ1v) is 14.2. The lowest BCUT2D eigenvalue weighted by Crippen LogP contribution is -2.47. The number of aliphatic hydroxyl groups excluding tert-OH is 1. The molecule has 1 aliphatic heterocycles. The predicted molar refractivity (Wildman–Crippen MR) is 138 cm³/mol. The zero-order valence-electron chi connectivity index (χ0n) is 21.7. The Morgan fingerprint density at radius 1 is 1.31 bits per heavy atom. The lowest BCUT2D eigenvalue weighted by atomic mass is 9.97. The molecular weight excluding hydrogens is 563 g/mol. The van der Waals surface area contributed by atoms with Gasteiger partial charge in [-0.05, 0) is 32.9 Å². The third-order valence-electron chi connectivity index (χ3n) is 5.92. The number of rotatable bonds is 11. The van der Waals surface area contributed by atoms with Crippen LogP contribution in [0.1, 0.15) is 33.9 Å². The quantitative estimate of drug-likeness (QED) is 0.225. The number of carbonyl (C=O) groups excluding carboxylic acids is 1. The van der Waals surface area contributed by atoms with E-state index in [0.717, 1.165) is 0 Å². The first-order chi connectivity index (χ1) is 18.2. The van der Waals surface area contributed by atoms with Crippen molar-refractivity contribution in [3.05, 3.63) is 52.8 Å². The highest BCUT2D eigenvalue weighted by Gasteiger charge is 2.59. The Morgan fingerprint density at radius 3 is 2.54 bits per heavy atom. The number of hydrogen-bond donors (Lipinski definition) is 2. The molecule has 0 radical (unpaired) electrons. The average Bonchev–Trinajstić information content (AvgIpc) is 3.12. The van der Waals surface area contributed by atoms with E-state index >= 15 is 0 Å². The van der Waals surface area contributed by atoms with Gasteiger partial charge in [0.1, 0.15) is 29.5 Å². The minimum Gasteiger partial charge on any atom is -0.463 e. The van der Waals surface area contributed by atoms with Crippen molar-refractivity contribution >= 4 is 31.0 Å². The Morgan fingerprint density at radius 2 is 1.95 bits per heavy atom. The highest BCUT2D eigenvalue weighted by Crippen LogP contribution is 2.53. The summed E-state index contributed by atoms with van der Waals surface area (Å²) in [5.41, 5.74) is 4.21. The summed E-state index contributed by atoms with van der Waals surface area (Å²) >= 11 is 6.38. The van der Waals surface area contributed by atoms with E-state index in [1.165, 1.54) is 26.0 Å². The van der Waals surface area contributed by atoms with Crippen molar-refractivity contribution < 1.29 is 41.8 Å². The number of alkyl halides is 2. The molecule has 7 atom stereocenters. The lowest BCUT2D eigenvalue weighted by Gasteiger charge is -2.29. The van der Waals surface area contributed by atoms with Gasteiger partial charge in [0.05, 0.1) is 30.5 Å². The number of hydrogen-bond acceptors (Lipinski definition) is 10. The number of aromatic nitrogens is 2. The summed E-state index contributed by atoms with van der Waals surface area (Å²) in [5.74, 6) is -3.16. The number of nitrogen functional groups attached to an aromatic ring is 1. The molecular formula is C24H31ClF2N3O8P. The van der Waals surface area contributed by atoms with Crippen LogP contribution in [-0.2, 0) is 23.4 Å². The van der Waals surface area contributed by atoms with Crippen LogP contribution in [0.5, 0.6) is 5.75 Å². The van der Waals surface area contributed by atoms with Gasteiger partial charge in [-0.15, -0.1) is 11.6 Å². The van der Waals surface area contributed by atoms with E-state index in [1.807, 2.05) is 0 Å². The molecule has 2 heterocycles. The molecule has 0 amide bonds. The summed E-state index contributed by atoms with van der Waals surface area (Å²) in [6, 6.07) is 8.02. The number of esters is 1. The number of carbonyl (C=O) groups is 1. The van der Waals surface area contributed by atoms with E-state index in [2.05, 4.69) is 4.98 Å². The summed E-state index contributed by atoms with van der Waals surface area (Å²) in [6.07, 6.45) is -6.52. The van der Waals surface area contributed by atoms with Crippen LogP contribution in [-0.4, -0.2) is 62.8 Å². The molecule has 1 aromatic heterocycles. The molecule has 3 N–H and O–H groups in total. The summed E-state index contributed by atoms with van der Waals surface area (Å²) in [4.78, 5) is 25.9. The largest absolute Gasteiger partial charge is 0.463 e. The Kier molecular flexibility index (Phi) is 9.77. The normalized spacial score (nSPS) is 26.1. The molecule has 39 heavy (non-hydrogen) atoms. The highest BCUT2D eigenvalue weighted by molar-refractivity contribution is 7.54. The third kappa shape index (κ3) is 6.96. The lowest BCUT2D eigenvalue weighted by molar-refractivity contribution is -0.151. The predicted octanol–water partition coefficient (Wildman–Crippen LogP) is 3.43. The van der Waals surface area contributed by atoms with Gasteiger partial charge in [0.15, 0.2) is 17.9 Å². The molecule has 2 unspecified atom stereocenters. The fraction of sp³-hybridized carbons (Fsp3) is 0.542. The Balaban J connectivity index is 1.91. The second kappa shape index (κ2) is 12.3. The standard InChI is InChI=1S/C24H31ClF2N3O8P/c1-13(2)35-21(32)14(3)11-39(34,38-16-8-6-5-7-9-16)37-15(4)18-19(31)24(25,12-26)22(36-18)30-10-17(27)20(28)29-23(30)33/h5-10,13-15,18-19,22,31H,11-12H2,1-4H3,(H2,28,29,33)/t14-,15+,18-,19+,22-,24?,39?/m1/s1. The summed E-state index contributed by atoms with van der Waals surface area (Å²) in [6.45, 7) is 4.76. The smallest absolute Gasteiger partial charge is 0.380 e. The average molecular weight is 594 g/mol. The maximum Gasteiger partial charge on any atom is 0.380 e. The van der Waals surface area contributed by atoms with Crippen LogP contribution in [0.2, 0.25) is 0 Å². The van der Waals surface area contributed by atoms with Crippen molar-refractivity contribution in [1.82, 2.24) is 9.55 Å². The van der Waals surface area contributed by atoms with E-state index in [9.17, 15) is 28.0 Å². The molecule has 0 aliphatic carbocycles. The molecule has 1 fully saturated rings. The van der Waals surface area contributed by atoms with Crippen LogP contribution in [0.15, 0.2) is 41.3 Å². The molecule has 1 saturated heterocycles. The van der Waals surface area contributed by atoms with Crippen molar-refractivity contribution in [1.29, 1.82) is 0 Å². The van der Waals surface area contributed by atoms with Crippen molar-refractivity contribution in [2.45, 2.75) is 63.2 Å². The monoisotopic (exact) mass is 593 g/mol. The summed E-state index contributed by atoms with van der Waals surface area (Å²) in [7, 11) is -4.18. The molecule has 1 aromatic carbocycles. The Bertz CT molecular complexity index is 1270. The second-order valence-electron chi connectivity index (χ2n) is 9.52. The molecule has 11 nitrogen and oxygen atoms in total. The van der Waals surface area contributed by atoms with Crippen LogP contribution < -0.4 is 15.9 Å². The van der Waals surface area contributed by atoms with E-state index in [0.29, 0.717) is 10.8 Å². The number of ether oxygens (including phenoxy) is 2. The van der Waals surface area contributed by atoms with Gasteiger partial charge in [0.2, 0.25) is 0 Å². The Labute approximate surface area is 228 Å². The zero-order valence-corrected chi connectivity index (χ0v) is 23.4. The minimum absolute atomic E-state index is 0.175. The van der Waals surface area contributed by atoms with Crippen molar-refractivity contribution in [2.24, 2.45) is 5.92 Å². The van der Waals surface area contributed by atoms with Crippen LogP contribution in [0.3, 0.4) is 0 Å². The second-order valence-corrected chi connectivity index (χ2v) is 12.2. The molecule has 1 aliphatic rings. The Hall–Kier alpha value is -2.57. The topological polar surface area (TPSA) is 152 Å². The number of halogens is 3. The van der Waals surface area contributed by atoms with Gasteiger partial charge in [0, 0.05) is 0 Å². The summed E-state index contributed by atoms with van der Waals surface area (Å²) in [5, 5.41) is 10.9. The van der Waals surface area contributed by atoms with E-state index in [-0.39, 0.29) is 5.75 Å². The maximum absolute atomic E-state index is 14.2. The minimum atomic E-state index is -4.18. The number of aliphatic hydroxyl groups is 1. The van der Waals surface area contributed by atoms with Gasteiger partial charge in [-0.25, -0.2) is 18.1 Å². The number of para-hydroxylation sites is 1. The van der Waals surface area contributed by atoms with Gasteiger partial charge in [-0.3, -0.25) is 13.9 Å². The van der Waals surface area contributed by atoms with Crippen LogP contribution >= 0.6 is 19.2 Å². The van der Waals surface area contributed by atoms with E-state index in [1.54, 1.807) is 32.0 Å². The molecule has 2 aromatic rings. The molecule has 15 heteroatoms. The number of nitrogens with zero attached hydrogens (tertiary/aromatic N) is 2. The van der Waals surface area contributed by atoms with Crippen LogP contribution in [0.4, 0.5) is 14.6 Å². The van der Waals surface area contributed by atoms with Gasteiger partial charge in [0.25, 0.3) is 0 Å². The van der Waals surface area contributed by atoms with E-state index < -0.39 is 85.2 Å². The third-order valence-corrected chi connectivity index (χ3v) is 8.57. The van der Waals surface area contributed by atoms with Crippen molar-refractivity contribution in [3.8, 4) is 5.75 Å². The summed E-state index contributed by atoms with van der Waals surface area (Å²) < 4.78 is 65.2. The fourth-order valence-corrected chi connectivity index (χ4v) is 6.38. The molecule has 0 bridgehead atoms. The maximum atomic E-state index is 14.2. The number of anilines is 1. The van der Waals surface area contributed by atoms with Crippen LogP contribution in [0.25, 0.3) is 0 Å². The SMILES string of the molecule is CC(C)OC(=O)[C@H](C)CP(=O)(Oc1ccccc1)O[C@@H](C)[C@H]1O[C@@H](n2cc(F)c(N)nc2=O)C(Cl)(CF)[C@H]1O. The molecule has 0 spiro atoms. The zero-order chi connectivity index (χ0) is 29.1. The van der Waals surface area contributed by atoms with Crippen molar-refractivity contribution in [2.75, 3.05) is 18.6 Å². The first-order valence-electron chi connectivity index (χ1n) is 12.1. The van der Waals surface area contributed by atoms with Crippen molar-refractivity contribution in [3.63, 3.8) is 0 Å². The highest BCUT2D eigenvalue weighted by atomic mass is 35.5. The number of benzene rings is 1. The van der Waals surface area contributed by atoms with E-state index in [4.69, 9.17) is 35.9 Å². The van der Waals surface area contributed by atoms with Gasteiger partial charge in [-0.2, -0.15) is 4.98 Å². The number of nitrogens with two attached hydrogens (primary N) is 1. The molecule has 3 rings (SSSR count). The molecule has 216 valence electrons. The molecule has 0 saturated carbocycles. The van der Waals surface area contributed by atoms with Crippen LogP contribution in [0, 0.1) is 11.7 Å². The van der Waals surface area contributed by atoms with Gasteiger partial charge < -0.3 is 24.8 Å². The fourth-order valence-electron chi connectivity index (χ4n) is 4.01. The van der Waals surface area contributed by atoms with Gasteiger partial charge >= 0.3 is 19.3 Å².